The smallest absolute Gasteiger partial charge is 0.165 e. The fourth-order valence-corrected chi connectivity index (χ4v) is 1.51. The molecule has 2 nitrogen and oxygen atoms in total. The number of rotatable bonds is 5. The Hall–Kier alpha value is -1.09. The number of ether oxygens (including phenoxy) is 1. The van der Waals surface area contributed by atoms with Crippen molar-refractivity contribution in [1.82, 2.24) is 0 Å². The van der Waals surface area contributed by atoms with Gasteiger partial charge in [0.25, 0.3) is 0 Å². The lowest BCUT2D eigenvalue weighted by atomic mass is 9.99. The van der Waals surface area contributed by atoms with E-state index in [9.17, 15) is 9.50 Å². The van der Waals surface area contributed by atoms with Crippen LogP contribution in [0.3, 0.4) is 0 Å². The van der Waals surface area contributed by atoms with Crippen molar-refractivity contribution < 1.29 is 14.2 Å². The number of hydrogen-bond donors (Lipinski definition) is 1. The van der Waals surface area contributed by atoms with Crippen LogP contribution < -0.4 is 4.74 Å². The lowest BCUT2D eigenvalue weighted by Crippen LogP contribution is -2.15. The molecule has 1 aromatic rings. The van der Waals surface area contributed by atoms with Crippen LogP contribution >= 0.6 is 0 Å². The summed E-state index contributed by atoms with van der Waals surface area (Å²) in [4.78, 5) is 0. The van der Waals surface area contributed by atoms with E-state index in [1.807, 2.05) is 19.9 Å². The van der Waals surface area contributed by atoms with Gasteiger partial charge >= 0.3 is 0 Å². The van der Waals surface area contributed by atoms with Gasteiger partial charge in [0.2, 0.25) is 0 Å². The molecule has 0 heterocycles. The molecule has 0 amide bonds. The molecule has 3 heteroatoms. The van der Waals surface area contributed by atoms with Gasteiger partial charge in [-0.15, -0.1) is 0 Å². The molecule has 0 fully saturated rings. The molecule has 1 N–H and O–H groups in total. The Balaban J connectivity index is 2.58. The molecule has 0 spiro atoms. The lowest BCUT2D eigenvalue weighted by molar-refractivity contribution is 0.116. The van der Waals surface area contributed by atoms with E-state index >= 15 is 0 Å². The Labute approximate surface area is 96.1 Å². The minimum absolute atomic E-state index is 0.239. The second-order valence-corrected chi connectivity index (χ2v) is 4.32. The lowest BCUT2D eigenvalue weighted by Gasteiger charge is -2.14. The summed E-state index contributed by atoms with van der Waals surface area (Å²) in [7, 11) is 1.45. The number of methoxy groups -OCH3 is 1. The van der Waals surface area contributed by atoms with E-state index in [1.165, 1.54) is 13.2 Å². The van der Waals surface area contributed by atoms with Gasteiger partial charge in [-0.05, 0) is 36.5 Å². The quantitative estimate of drug-likeness (QED) is 0.836. The largest absolute Gasteiger partial charge is 0.494 e. The first-order chi connectivity index (χ1) is 7.54. The van der Waals surface area contributed by atoms with Gasteiger partial charge in [-0.25, -0.2) is 4.39 Å². The predicted octanol–water partition coefficient (Wildman–Crippen LogP) is 2.78. The first-order valence-corrected chi connectivity index (χ1v) is 5.55. The van der Waals surface area contributed by atoms with Crippen molar-refractivity contribution in [2.45, 2.75) is 32.8 Å². The normalized spacial score (nSPS) is 12.9. The minimum Gasteiger partial charge on any atom is -0.494 e. The Morgan fingerprint density at radius 3 is 2.56 bits per heavy atom. The zero-order valence-corrected chi connectivity index (χ0v) is 10.0. The second-order valence-electron chi connectivity index (χ2n) is 4.32. The number of halogens is 1. The van der Waals surface area contributed by atoms with Crippen molar-refractivity contribution in [3.05, 3.63) is 29.6 Å². The molecule has 0 bridgehead atoms. The van der Waals surface area contributed by atoms with Crippen LogP contribution in [-0.2, 0) is 6.42 Å². The van der Waals surface area contributed by atoms with E-state index in [0.29, 0.717) is 12.8 Å². The van der Waals surface area contributed by atoms with Gasteiger partial charge in [0, 0.05) is 0 Å². The van der Waals surface area contributed by atoms with E-state index in [0.717, 1.165) is 5.56 Å². The van der Waals surface area contributed by atoms with Gasteiger partial charge in [0.15, 0.2) is 11.6 Å². The second kappa shape index (κ2) is 5.85. The van der Waals surface area contributed by atoms with Crippen molar-refractivity contribution in [2.24, 2.45) is 5.92 Å². The molecule has 1 atom stereocenters. The molecular formula is C13H19FO2. The van der Waals surface area contributed by atoms with Gasteiger partial charge in [-0.1, -0.05) is 19.9 Å². The summed E-state index contributed by atoms with van der Waals surface area (Å²) in [6.07, 6.45) is 1.01. The van der Waals surface area contributed by atoms with Crippen LogP contribution in [0.5, 0.6) is 5.75 Å². The van der Waals surface area contributed by atoms with Crippen molar-refractivity contribution in [3.8, 4) is 5.75 Å². The van der Waals surface area contributed by atoms with Crippen LogP contribution in [0, 0.1) is 11.7 Å². The maximum Gasteiger partial charge on any atom is 0.165 e. The summed E-state index contributed by atoms with van der Waals surface area (Å²) in [5.74, 6) is 0.148. The van der Waals surface area contributed by atoms with E-state index in [2.05, 4.69) is 0 Å². The molecule has 0 saturated carbocycles. The van der Waals surface area contributed by atoms with Gasteiger partial charge < -0.3 is 9.84 Å². The van der Waals surface area contributed by atoms with Crippen LogP contribution in [0.2, 0.25) is 0 Å². The topological polar surface area (TPSA) is 29.5 Å². The van der Waals surface area contributed by atoms with Gasteiger partial charge in [-0.3, -0.25) is 0 Å². The number of hydrogen-bond acceptors (Lipinski definition) is 2. The highest BCUT2D eigenvalue weighted by molar-refractivity contribution is 5.29. The molecule has 0 aliphatic carbocycles. The summed E-state index contributed by atoms with van der Waals surface area (Å²) in [6.45, 7) is 3.94. The van der Waals surface area contributed by atoms with E-state index < -0.39 is 0 Å². The Morgan fingerprint density at radius 1 is 1.38 bits per heavy atom. The van der Waals surface area contributed by atoms with E-state index in [4.69, 9.17) is 4.74 Å². The van der Waals surface area contributed by atoms with E-state index in [-0.39, 0.29) is 23.6 Å². The van der Waals surface area contributed by atoms with Gasteiger partial charge in [0.1, 0.15) is 0 Å². The molecule has 0 radical (unpaired) electrons. The van der Waals surface area contributed by atoms with Crippen LogP contribution in [0.25, 0.3) is 0 Å². The highest BCUT2D eigenvalue weighted by atomic mass is 19.1. The summed E-state index contributed by atoms with van der Waals surface area (Å²) in [5, 5.41) is 9.64. The van der Waals surface area contributed by atoms with Crippen molar-refractivity contribution >= 4 is 0 Å². The maximum atomic E-state index is 13.3. The van der Waals surface area contributed by atoms with Crippen molar-refractivity contribution in [2.75, 3.05) is 7.11 Å². The highest BCUT2D eigenvalue weighted by Crippen LogP contribution is 2.19. The van der Waals surface area contributed by atoms with Crippen LogP contribution in [-0.4, -0.2) is 18.3 Å². The zero-order chi connectivity index (χ0) is 12.1. The first kappa shape index (κ1) is 13.0. The molecule has 1 unspecified atom stereocenters. The molecule has 0 aliphatic rings. The molecular weight excluding hydrogens is 207 g/mol. The number of aryl methyl sites for hydroxylation is 1. The summed E-state index contributed by atoms with van der Waals surface area (Å²) < 4.78 is 18.2. The Kier molecular flexibility index (Phi) is 4.74. The monoisotopic (exact) mass is 226 g/mol. The number of benzene rings is 1. The zero-order valence-electron chi connectivity index (χ0n) is 10.0. The standard InChI is InChI=1S/C13H19FO2/c1-9(2)12(15)6-4-10-5-7-13(16-3)11(14)8-10/h5,7-9,12,15H,4,6H2,1-3H3. The maximum absolute atomic E-state index is 13.3. The molecule has 0 aromatic heterocycles. The van der Waals surface area contributed by atoms with Crippen LogP contribution in [0.4, 0.5) is 4.39 Å². The Morgan fingerprint density at radius 2 is 2.06 bits per heavy atom. The summed E-state index contributed by atoms with van der Waals surface area (Å²) in [6, 6.07) is 4.91. The molecule has 1 rings (SSSR count). The number of aliphatic hydroxyl groups excluding tert-OH is 1. The highest BCUT2D eigenvalue weighted by Gasteiger charge is 2.10. The summed E-state index contributed by atoms with van der Waals surface area (Å²) in [5.41, 5.74) is 0.887. The molecule has 1 aromatic carbocycles. The minimum atomic E-state index is -0.348. The number of aliphatic hydroxyl groups is 1. The van der Waals surface area contributed by atoms with E-state index in [1.54, 1.807) is 6.07 Å². The van der Waals surface area contributed by atoms with Crippen molar-refractivity contribution in [3.63, 3.8) is 0 Å². The van der Waals surface area contributed by atoms with Gasteiger partial charge in [-0.2, -0.15) is 0 Å². The molecule has 16 heavy (non-hydrogen) atoms. The molecule has 0 saturated heterocycles. The fraction of sp³-hybridized carbons (Fsp3) is 0.538. The average molecular weight is 226 g/mol. The third-order valence-electron chi connectivity index (χ3n) is 2.71. The fourth-order valence-electron chi connectivity index (χ4n) is 1.51. The van der Waals surface area contributed by atoms with Crippen LogP contribution in [0.15, 0.2) is 18.2 Å². The molecule has 90 valence electrons. The third kappa shape index (κ3) is 3.49. The summed E-state index contributed by atoms with van der Waals surface area (Å²) >= 11 is 0. The van der Waals surface area contributed by atoms with Gasteiger partial charge in [0.05, 0.1) is 13.2 Å². The Bertz CT molecular complexity index is 337. The van der Waals surface area contributed by atoms with Crippen LogP contribution in [0.1, 0.15) is 25.8 Å². The first-order valence-electron chi connectivity index (χ1n) is 5.55. The third-order valence-corrected chi connectivity index (χ3v) is 2.71. The average Bonchev–Trinajstić information content (AvgIpc) is 2.25. The van der Waals surface area contributed by atoms with Crippen molar-refractivity contribution in [1.29, 1.82) is 0 Å². The SMILES string of the molecule is COc1ccc(CCC(O)C(C)C)cc1F. The predicted molar refractivity (Wildman–Crippen MR) is 62.1 cm³/mol. The molecule has 0 aliphatic heterocycles.